The van der Waals surface area contributed by atoms with Gasteiger partial charge in [0.1, 0.15) is 0 Å². The number of nitrogens with one attached hydrogen (secondary N) is 2. The quantitative estimate of drug-likeness (QED) is 0.838. The number of rotatable bonds is 4. The lowest BCUT2D eigenvalue weighted by atomic mass is 9.88. The highest BCUT2D eigenvalue weighted by atomic mass is 32.2. The van der Waals surface area contributed by atoms with Crippen LogP contribution in [-0.2, 0) is 4.79 Å². The van der Waals surface area contributed by atoms with Gasteiger partial charge in [-0.3, -0.25) is 4.79 Å². The van der Waals surface area contributed by atoms with Crippen molar-refractivity contribution in [2.45, 2.75) is 62.2 Å². The molecular weight excluding hydrogens is 268 g/mol. The Kier molecular flexibility index (Phi) is 4.61. The third-order valence-corrected chi connectivity index (χ3v) is 7.23. The van der Waals surface area contributed by atoms with Gasteiger partial charge in [-0.15, -0.1) is 0 Å². The lowest BCUT2D eigenvalue weighted by Crippen LogP contribution is -2.49. The standard InChI is InChI=1S/C16H28N2OS/c1-20-16(8-3-2-4-9-16)11-18-15(19)14-13-7-5-6-12(13)10-17-14/h12-14,17H,2-11H2,1H3,(H,18,19). The number of fused-ring (bicyclic) bond motifs is 1. The van der Waals surface area contributed by atoms with E-state index in [1.807, 2.05) is 11.8 Å². The molecule has 3 aliphatic rings. The van der Waals surface area contributed by atoms with Gasteiger partial charge in [0.2, 0.25) is 5.91 Å². The average molecular weight is 296 g/mol. The van der Waals surface area contributed by atoms with E-state index in [-0.39, 0.29) is 11.9 Å². The van der Waals surface area contributed by atoms with Crippen molar-refractivity contribution in [1.29, 1.82) is 0 Å². The zero-order valence-electron chi connectivity index (χ0n) is 12.6. The van der Waals surface area contributed by atoms with E-state index in [1.54, 1.807) is 0 Å². The summed E-state index contributed by atoms with van der Waals surface area (Å²) in [7, 11) is 0. The summed E-state index contributed by atoms with van der Waals surface area (Å²) in [5.41, 5.74) is 0. The summed E-state index contributed by atoms with van der Waals surface area (Å²) in [6.45, 7) is 1.92. The molecule has 114 valence electrons. The highest BCUT2D eigenvalue weighted by Crippen LogP contribution is 2.39. The van der Waals surface area contributed by atoms with Crippen LogP contribution in [0.15, 0.2) is 0 Å². The molecule has 0 radical (unpaired) electrons. The van der Waals surface area contributed by atoms with Gasteiger partial charge < -0.3 is 10.6 Å². The van der Waals surface area contributed by atoms with Crippen LogP contribution in [0.25, 0.3) is 0 Å². The van der Waals surface area contributed by atoms with E-state index < -0.39 is 0 Å². The Bertz CT molecular complexity index is 354. The summed E-state index contributed by atoms with van der Waals surface area (Å²) in [4.78, 5) is 12.5. The summed E-state index contributed by atoms with van der Waals surface area (Å²) < 4.78 is 0.307. The molecule has 0 bridgehead atoms. The van der Waals surface area contributed by atoms with E-state index in [0.29, 0.717) is 10.7 Å². The van der Waals surface area contributed by atoms with Crippen molar-refractivity contribution in [2.24, 2.45) is 11.8 Å². The normalized spacial score (nSPS) is 35.8. The van der Waals surface area contributed by atoms with Crippen molar-refractivity contribution in [1.82, 2.24) is 10.6 Å². The van der Waals surface area contributed by atoms with Crippen LogP contribution in [0.2, 0.25) is 0 Å². The van der Waals surface area contributed by atoms with E-state index >= 15 is 0 Å². The molecular formula is C16H28N2OS. The molecule has 0 spiro atoms. The van der Waals surface area contributed by atoms with Gasteiger partial charge in [0.05, 0.1) is 6.04 Å². The number of hydrogen-bond donors (Lipinski definition) is 2. The van der Waals surface area contributed by atoms with Gasteiger partial charge in [-0.1, -0.05) is 25.7 Å². The Morgan fingerprint density at radius 2 is 2.05 bits per heavy atom. The predicted octanol–water partition coefficient (Wildman–Crippen LogP) is 2.56. The van der Waals surface area contributed by atoms with Crippen molar-refractivity contribution >= 4 is 17.7 Å². The second-order valence-electron chi connectivity index (χ2n) is 6.91. The second-order valence-corrected chi connectivity index (χ2v) is 8.18. The van der Waals surface area contributed by atoms with Crippen molar-refractivity contribution in [2.75, 3.05) is 19.3 Å². The maximum Gasteiger partial charge on any atom is 0.237 e. The molecule has 3 nitrogen and oxygen atoms in total. The molecule has 1 aliphatic heterocycles. The minimum Gasteiger partial charge on any atom is -0.353 e. The smallest absolute Gasteiger partial charge is 0.237 e. The number of thioether (sulfide) groups is 1. The van der Waals surface area contributed by atoms with E-state index in [4.69, 9.17) is 0 Å². The van der Waals surface area contributed by atoms with E-state index in [9.17, 15) is 4.79 Å². The molecule has 2 saturated carbocycles. The van der Waals surface area contributed by atoms with Crippen molar-refractivity contribution < 1.29 is 4.79 Å². The Morgan fingerprint density at radius 3 is 2.80 bits per heavy atom. The molecule has 2 N–H and O–H groups in total. The maximum atomic E-state index is 12.5. The topological polar surface area (TPSA) is 41.1 Å². The van der Waals surface area contributed by atoms with Gasteiger partial charge in [-0.05, 0) is 50.3 Å². The lowest BCUT2D eigenvalue weighted by molar-refractivity contribution is -0.123. The monoisotopic (exact) mass is 296 g/mol. The minimum atomic E-state index is 0.0880. The summed E-state index contributed by atoms with van der Waals surface area (Å²) in [5, 5.41) is 6.73. The molecule has 0 aromatic rings. The summed E-state index contributed by atoms with van der Waals surface area (Å²) in [5.74, 6) is 1.62. The van der Waals surface area contributed by atoms with Gasteiger partial charge in [-0.25, -0.2) is 0 Å². The van der Waals surface area contributed by atoms with Crippen LogP contribution in [0.1, 0.15) is 51.4 Å². The second kappa shape index (κ2) is 6.27. The van der Waals surface area contributed by atoms with Gasteiger partial charge in [-0.2, -0.15) is 11.8 Å². The third-order valence-electron chi connectivity index (χ3n) is 5.81. The molecule has 1 amide bonds. The zero-order chi connectivity index (χ0) is 14.0. The molecule has 3 fully saturated rings. The van der Waals surface area contributed by atoms with Gasteiger partial charge in [0.25, 0.3) is 0 Å². The number of amides is 1. The van der Waals surface area contributed by atoms with Crippen molar-refractivity contribution in [3.63, 3.8) is 0 Å². The molecule has 3 unspecified atom stereocenters. The van der Waals surface area contributed by atoms with E-state index in [1.165, 1.54) is 51.4 Å². The Morgan fingerprint density at radius 1 is 1.25 bits per heavy atom. The maximum absolute atomic E-state index is 12.5. The van der Waals surface area contributed by atoms with E-state index in [2.05, 4.69) is 16.9 Å². The van der Waals surface area contributed by atoms with Crippen LogP contribution >= 0.6 is 11.8 Å². The Balaban J connectivity index is 1.53. The van der Waals surface area contributed by atoms with Gasteiger partial charge >= 0.3 is 0 Å². The first-order valence-electron chi connectivity index (χ1n) is 8.30. The average Bonchev–Trinajstić information content (AvgIpc) is 3.08. The molecule has 4 heteroatoms. The van der Waals surface area contributed by atoms with Crippen LogP contribution in [-0.4, -0.2) is 36.0 Å². The van der Waals surface area contributed by atoms with Gasteiger partial charge in [0.15, 0.2) is 0 Å². The van der Waals surface area contributed by atoms with Crippen LogP contribution in [0.4, 0.5) is 0 Å². The zero-order valence-corrected chi connectivity index (χ0v) is 13.4. The highest BCUT2D eigenvalue weighted by Gasteiger charge is 2.43. The summed E-state index contributed by atoms with van der Waals surface area (Å²) in [6, 6.07) is 0.0880. The lowest BCUT2D eigenvalue weighted by Gasteiger charge is -2.36. The van der Waals surface area contributed by atoms with Crippen molar-refractivity contribution in [3.8, 4) is 0 Å². The van der Waals surface area contributed by atoms with Gasteiger partial charge in [0, 0.05) is 11.3 Å². The Hall–Kier alpha value is -0.220. The molecule has 1 heterocycles. The SMILES string of the molecule is CSC1(CNC(=O)C2NCC3CCCC32)CCCCC1. The number of carbonyl (C=O) groups is 1. The molecule has 3 rings (SSSR count). The van der Waals surface area contributed by atoms with E-state index in [0.717, 1.165) is 19.0 Å². The molecule has 0 aromatic carbocycles. The van der Waals surface area contributed by atoms with Crippen LogP contribution in [0.3, 0.4) is 0 Å². The fraction of sp³-hybridized carbons (Fsp3) is 0.938. The van der Waals surface area contributed by atoms with Crippen molar-refractivity contribution in [3.05, 3.63) is 0 Å². The number of hydrogen-bond acceptors (Lipinski definition) is 3. The first-order valence-corrected chi connectivity index (χ1v) is 9.53. The predicted molar refractivity (Wildman–Crippen MR) is 85.0 cm³/mol. The summed E-state index contributed by atoms with van der Waals surface area (Å²) >= 11 is 1.96. The highest BCUT2D eigenvalue weighted by molar-refractivity contribution is 8.00. The molecule has 0 aromatic heterocycles. The molecule has 2 aliphatic carbocycles. The van der Waals surface area contributed by atoms with Crippen LogP contribution < -0.4 is 10.6 Å². The summed E-state index contributed by atoms with van der Waals surface area (Å²) in [6.07, 6.45) is 12.6. The fourth-order valence-electron chi connectivity index (χ4n) is 4.48. The molecule has 1 saturated heterocycles. The molecule has 20 heavy (non-hydrogen) atoms. The Labute approximate surface area is 127 Å². The van der Waals surface area contributed by atoms with Crippen LogP contribution in [0.5, 0.6) is 0 Å². The first-order chi connectivity index (χ1) is 9.74. The molecule has 3 atom stereocenters. The largest absolute Gasteiger partial charge is 0.353 e. The number of carbonyl (C=O) groups excluding carboxylic acids is 1. The fourth-order valence-corrected chi connectivity index (χ4v) is 5.40. The third kappa shape index (κ3) is 2.87. The first kappa shape index (κ1) is 14.7. The minimum absolute atomic E-state index is 0.0880. The van der Waals surface area contributed by atoms with Crippen LogP contribution in [0, 0.1) is 11.8 Å².